The van der Waals surface area contributed by atoms with Gasteiger partial charge in [0, 0.05) is 29.4 Å². The van der Waals surface area contributed by atoms with Crippen LogP contribution in [0, 0.1) is 12.8 Å². The van der Waals surface area contributed by atoms with Crippen molar-refractivity contribution in [3.63, 3.8) is 0 Å². The van der Waals surface area contributed by atoms with Crippen LogP contribution in [0.3, 0.4) is 0 Å². The first-order valence-corrected chi connectivity index (χ1v) is 9.21. The smallest absolute Gasteiger partial charge is 0.229 e. The highest BCUT2D eigenvalue weighted by Crippen LogP contribution is 2.29. The number of nitrogens with one attached hydrogen (secondary N) is 1. The fourth-order valence-corrected chi connectivity index (χ4v) is 3.32. The molecule has 1 heterocycles. The first-order valence-electron chi connectivity index (χ1n) is 8.83. The van der Waals surface area contributed by atoms with Gasteiger partial charge in [-0.05, 0) is 48.2 Å². The fourth-order valence-electron chi connectivity index (χ4n) is 3.15. The lowest BCUT2D eigenvalue weighted by Gasteiger charge is -2.18. The van der Waals surface area contributed by atoms with Crippen LogP contribution in [0.1, 0.15) is 37.3 Å². The van der Waals surface area contributed by atoms with Gasteiger partial charge in [0.15, 0.2) is 0 Å². The third kappa shape index (κ3) is 3.75. The number of hydrogen-bond donors (Lipinski definition) is 1. The van der Waals surface area contributed by atoms with Crippen LogP contribution in [0.25, 0.3) is 0 Å². The van der Waals surface area contributed by atoms with Crippen molar-refractivity contribution < 1.29 is 9.59 Å². The minimum atomic E-state index is -0.370. The minimum Gasteiger partial charge on any atom is -0.325 e. The van der Waals surface area contributed by atoms with Gasteiger partial charge in [-0.15, -0.1) is 0 Å². The Morgan fingerprint density at radius 3 is 2.54 bits per heavy atom. The number of carbonyl (C=O) groups is 2. The molecule has 1 saturated heterocycles. The Bertz CT molecular complexity index is 830. The Kier molecular flexibility index (Phi) is 5.33. The summed E-state index contributed by atoms with van der Waals surface area (Å²) in [6.07, 6.45) is 0.220. The molecule has 0 spiro atoms. The van der Waals surface area contributed by atoms with Crippen LogP contribution >= 0.6 is 11.6 Å². The zero-order chi connectivity index (χ0) is 18.8. The molecule has 2 aromatic rings. The summed E-state index contributed by atoms with van der Waals surface area (Å²) in [6.45, 7) is 6.52. The SMILES string of the molecule is Cc1c(Cl)cccc1NC(=O)[C@@H]1CC(=O)N(c2ccc(C(C)C)cc2)C1. The van der Waals surface area contributed by atoms with E-state index in [1.165, 1.54) is 5.56 Å². The van der Waals surface area contributed by atoms with Crippen molar-refractivity contribution in [3.8, 4) is 0 Å². The third-order valence-corrected chi connectivity index (χ3v) is 5.30. The van der Waals surface area contributed by atoms with E-state index in [4.69, 9.17) is 11.6 Å². The van der Waals surface area contributed by atoms with Crippen molar-refractivity contribution in [2.45, 2.75) is 33.1 Å². The lowest BCUT2D eigenvalue weighted by Crippen LogP contribution is -2.28. The summed E-state index contributed by atoms with van der Waals surface area (Å²) in [6, 6.07) is 13.4. The monoisotopic (exact) mass is 370 g/mol. The maximum absolute atomic E-state index is 12.6. The van der Waals surface area contributed by atoms with Crippen LogP contribution in [-0.2, 0) is 9.59 Å². The number of anilines is 2. The topological polar surface area (TPSA) is 49.4 Å². The number of rotatable bonds is 4. The van der Waals surface area contributed by atoms with Gasteiger partial charge in [-0.25, -0.2) is 0 Å². The maximum atomic E-state index is 12.6. The first-order chi connectivity index (χ1) is 12.4. The Morgan fingerprint density at radius 2 is 1.88 bits per heavy atom. The second-order valence-corrected chi connectivity index (χ2v) is 7.46. The molecule has 3 rings (SSSR count). The van der Waals surface area contributed by atoms with E-state index in [-0.39, 0.29) is 24.2 Å². The van der Waals surface area contributed by atoms with Crippen LogP contribution in [0.2, 0.25) is 5.02 Å². The number of amides is 2. The van der Waals surface area contributed by atoms with E-state index in [1.54, 1.807) is 17.0 Å². The molecule has 0 aliphatic carbocycles. The highest BCUT2D eigenvalue weighted by atomic mass is 35.5. The van der Waals surface area contributed by atoms with Crippen molar-refractivity contribution in [2.24, 2.45) is 5.92 Å². The summed E-state index contributed by atoms with van der Waals surface area (Å²) in [7, 11) is 0. The molecular weight excluding hydrogens is 348 g/mol. The van der Waals surface area contributed by atoms with E-state index in [2.05, 4.69) is 19.2 Å². The normalized spacial score (nSPS) is 17.0. The van der Waals surface area contributed by atoms with Gasteiger partial charge in [0.05, 0.1) is 5.92 Å². The summed E-state index contributed by atoms with van der Waals surface area (Å²) in [4.78, 5) is 26.7. The number of halogens is 1. The Labute approximate surface area is 159 Å². The average Bonchev–Trinajstić information content (AvgIpc) is 3.01. The van der Waals surface area contributed by atoms with Crippen LogP contribution in [0.4, 0.5) is 11.4 Å². The summed E-state index contributed by atoms with van der Waals surface area (Å²) in [5.74, 6) is -0.0984. The highest BCUT2D eigenvalue weighted by Gasteiger charge is 2.35. The van der Waals surface area contributed by atoms with Gasteiger partial charge in [-0.1, -0.05) is 43.6 Å². The largest absolute Gasteiger partial charge is 0.325 e. The van der Waals surface area contributed by atoms with E-state index in [9.17, 15) is 9.59 Å². The molecule has 0 bridgehead atoms. The number of nitrogens with zero attached hydrogens (tertiary/aromatic N) is 1. The molecule has 26 heavy (non-hydrogen) atoms. The van der Waals surface area contributed by atoms with Crippen molar-refractivity contribution in [1.29, 1.82) is 0 Å². The van der Waals surface area contributed by atoms with Gasteiger partial charge in [0.25, 0.3) is 0 Å². The summed E-state index contributed by atoms with van der Waals surface area (Å²) < 4.78 is 0. The van der Waals surface area contributed by atoms with Crippen LogP contribution < -0.4 is 10.2 Å². The lowest BCUT2D eigenvalue weighted by atomic mass is 10.0. The van der Waals surface area contributed by atoms with Gasteiger partial charge in [-0.3, -0.25) is 9.59 Å². The van der Waals surface area contributed by atoms with Gasteiger partial charge in [0.2, 0.25) is 11.8 Å². The van der Waals surface area contributed by atoms with Crippen molar-refractivity contribution in [3.05, 3.63) is 58.6 Å². The Balaban J connectivity index is 1.70. The van der Waals surface area contributed by atoms with Crippen LogP contribution in [0.15, 0.2) is 42.5 Å². The van der Waals surface area contributed by atoms with Crippen molar-refractivity contribution >= 4 is 34.8 Å². The number of benzene rings is 2. The van der Waals surface area contributed by atoms with E-state index in [0.29, 0.717) is 23.2 Å². The van der Waals surface area contributed by atoms with E-state index in [0.717, 1.165) is 11.3 Å². The second-order valence-electron chi connectivity index (χ2n) is 7.05. The molecular formula is C21H23ClN2O2. The molecule has 136 valence electrons. The molecule has 5 heteroatoms. The predicted octanol–water partition coefficient (Wildman–Crippen LogP) is 4.76. The Morgan fingerprint density at radius 1 is 1.19 bits per heavy atom. The molecule has 0 unspecified atom stereocenters. The van der Waals surface area contributed by atoms with Crippen LogP contribution in [0.5, 0.6) is 0 Å². The van der Waals surface area contributed by atoms with Crippen molar-refractivity contribution in [2.75, 3.05) is 16.8 Å². The zero-order valence-electron chi connectivity index (χ0n) is 15.3. The minimum absolute atomic E-state index is 0.0229. The first kappa shape index (κ1) is 18.5. The maximum Gasteiger partial charge on any atom is 0.229 e. The molecule has 1 aliphatic rings. The molecule has 1 atom stereocenters. The molecule has 1 N–H and O–H groups in total. The predicted molar refractivity (Wildman–Crippen MR) is 106 cm³/mol. The molecule has 0 saturated carbocycles. The standard InChI is InChI=1S/C21H23ClN2O2/c1-13(2)15-7-9-17(10-8-15)24-12-16(11-20(24)25)21(26)23-19-6-4-5-18(22)14(19)3/h4-10,13,16H,11-12H2,1-3H3,(H,23,26)/t16-/m1/s1. The fraction of sp³-hybridized carbons (Fsp3) is 0.333. The van der Waals surface area contributed by atoms with E-state index >= 15 is 0 Å². The molecule has 1 fully saturated rings. The Hall–Kier alpha value is -2.33. The van der Waals surface area contributed by atoms with Gasteiger partial charge >= 0.3 is 0 Å². The van der Waals surface area contributed by atoms with Crippen LogP contribution in [-0.4, -0.2) is 18.4 Å². The molecule has 0 aromatic heterocycles. The summed E-state index contributed by atoms with van der Waals surface area (Å²) in [5.41, 5.74) is 3.59. The molecule has 4 nitrogen and oxygen atoms in total. The molecule has 0 radical (unpaired) electrons. The number of carbonyl (C=O) groups excluding carboxylic acids is 2. The van der Waals surface area contributed by atoms with E-state index < -0.39 is 0 Å². The van der Waals surface area contributed by atoms with Gasteiger partial charge in [-0.2, -0.15) is 0 Å². The molecule has 1 aliphatic heterocycles. The van der Waals surface area contributed by atoms with Crippen molar-refractivity contribution in [1.82, 2.24) is 0 Å². The molecule has 2 amide bonds. The number of hydrogen-bond acceptors (Lipinski definition) is 2. The molecule has 2 aromatic carbocycles. The third-order valence-electron chi connectivity index (χ3n) is 4.89. The lowest BCUT2D eigenvalue weighted by molar-refractivity contribution is -0.122. The second kappa shape index (κ2) is 7.50. The van der Waals surface area contributed by atoms with Gasteiger partial charge < -0.3 is 10.2 Å². The van der Waals surface area contributed by atoms with E-state index in [1.807, 2.05) is 37.3 Å². The van der Waals surface area contributed by atoms with Gasteiger partial charge in [0.1, 0.15) is 0 Å². The summed E-state index contributed by atoms with van der Waals surface area (Å²) >= 11 is 6.10. The average molecular weight is 371 g/mol. The zero-order valence-corrected chi connectivity index (χ0v) is 16.0. The quantitative estimate of drug-likeness (QED) is 0.843. The summed E-state index contributed by atoms with van der Waals surface area (Å²) in [5, 5.41) is 3.52. The highest BCUT2D eigenvalue weighted by molar-refractivity contribution is 6.31.